The number of nitrogens with one attached hydrogen (secondary N) is 1. The Balaban J connectivity index is 1.32. The van der Waals surface area contributed by atoms with Crippen molar-refractivity contribution in [3.8, 4) is 0 Å². The van der Waals surface area contributed by atoms with Gasteiger partial charge in [0.05, 0.1) is 12.1 Å². The highest BCUT2D eigenvalue weighted by Gasteiger charge is 2.56. The van der Waals surface area contributed by atoms with Gasteiger partial charge in [0.15, 0.2) is 45.8 Å². The molecule has 1 aliphatic heterocycles. The summed E-state index contributed by atoms with van der Waals surface area (Å²) in [6.07, 6.45) is 0.122. The molecule has 1 saturated heterocycles. The van der Waals surface area contributed by atoms with Crippen molar-refractivity contribution in [3.05, 3.63) is 35.4 Å². The molecular formula is C26H32F2N6O4S. The first-order chi connectivity index (χ1) is 18.6. The molecule has 6 rings (SSSR count). The quantitative estimate of drug-likeness (QED) is 0.224. The van der Waals surface area contributed by atoms with Gasteiger partial charge >= 0.3 is 0 Å². The summed E-state index contributed by atoms with van der Waals surface area (Å²) < 4.78 is 47.2. The van der Waals surface area contributed by atoms with Crippen LogP contribution >= 0.6 is 11.8 Å². The molecule has 39 heavy (non-hydrogen) atoms. The molecule has 3 heterocycles. The summed E-state index contributed by atoms with van der Waals surface area (Å²) in [5.41, 5.74) is 1.82. The normalized spacial score (nSPS) is 30.0. The highest BCUT2D eigenvalue weighted by atomic mass is 32.2. The van der Waals surface area contributed by atoms with Gasteiger partial charge in [0.2, 0.25) is 0 Å². The Kier molecular flexibility index (Phi) is 6.99. The number of hydrogen-bond donors (Lipinski definition) is 2. The molecule has 10 nitrogen and oxygen atoms in total. The fourth-order valence-corrected chi connectivity index (χ4v) is 6.26. The Hall–Kier alpha value is -2.45. The number of aliphatic hydroxyl groups excluding tert-OH is 1. The van der Waals surface area contributed by atoms with E-state index in [-0.39, 0.29) is 30.2 Å². The van der Waals surface area contributed by atoms with E-state index in [9.17, 15) is 13.9 Å². The van der Waals surface area contributed by atoms with Gasteiger partial charge < -0.3 is 24.6 Å². The standard InChI is InChI=1S/C26H32F2N6O4S/c1-5-8-39-25-30-23(29-17-10-14(17)13-6-7-15(27)16(28)9-13)20-24(31-25)34(33-32-20)18-11-19(36-12(2)35)22-21(18)37-26(3,4)38-22/h6-7,9,12,14,17-19,21-22,35H,5,8,10-11H2,1-4H3,(H,29,30,31)/t12-,14+,17?,18-,19+,21+,22-/m1/s1. The molecule has 0 spiro atoms. The van der Waals surface area contributed by atoms with Crippen LogP contribution < -0.4 is 5.32 Å². The summed E-state index contributed by atoms with van der Waals surface area (Å²) in [5, 5.41) is 22.9. The molecule has 3 aliphatic rings. The average molecular weight is 563 g/mol. The minimum Gasteiger partial charge on any atom is -0.368 e. The van der Waals surface area contributed by atoms with Crippen molar-refractivity contribution < 1.29 is 28.1 Å². The van der Waals surface area contributed by atoms with Crippen LogP contribution in [0.5, 0.6) is 0 Å². The van der Waals surface area contributed by atoms with Gasteiger partial charge in [-0.25, -0.2) is 23.4 Å². The molecule has 210 valence electrons. The molecule has 3 aromatic rings. The van der Waals surface area contributed by atoms with E-state index in [4.69, 9.17) is 24.2 Å². The fourth-order valence-electron chi connectivity index (χ4n) is 5.57. The van der Waals surface area contributed by atoms with Crippen molar-refractivity contribution in [2.45, 2.75) is 101 Å². The molecule has 2 aromatic heterocycles. The number of ether oxygens (including phenoxy) is 3. The van der Waals surface area contributed by atoms with E-state index in [0.717, 1.165) is 30.2 Å². The van der Waals surface area contributed by atoms with Crippen LogP contribution in [-0.4, -0.2) is 72.3 Å². The van der Waals surface area contributed by atoms with Gasteiger partial charge in [-0.3, -0.25) is 0 Å². The molecule has 0 amide bonds. The SMILES string of the molecule is CCCSc1nc(NC2C[C@H]2c2ccc(F)c(F)c2)c2nnn([C@@H]3C[C@H](O[C@H](C)O)[C@H]4OC(C)(C)O[C@H]43)c2n1. The highest BCUT2D eigenvalue weighted by molar-refractivity contribution is 7.99. The Morgan fingerprint density at radius 1 is 1.21 bits per heavy atom. The van der Waals surface area contributed by atoms with Crippen LogP contribution in [0, 0.1) is 11.6 Å². The molecule has 0 radical (unpaired) electrons. The Morgan fingerprint density at radius 3 is 2.74 bits per heavy atom. The number of thioether (sulfide) groups is 1. The van der Waals surface area contributed by atoms with Crippen LogP contribution in [0.4, 0.5) is 14.6 Å². The van der Waals surface area contributed by atoms with Gasteiger partial charge in [-0.05, 0) is 51.3 Å². The Labute approximate surface area is 228 Å². The molecule has 3 fully saturated rings. The first-order valence-electron chi connectivity index (χ1n) is 13.3. The lowest BCUT2D eigenvalue weighted by Gasteiger charge is -2.24. The number of hydrogen-bond acceptors (Lipinski definition) is 10. The van der Waals surface area contributed by atoms with Gasteiger partial charge in [0, 0.05) is 24.1 Å². The highest BCUT2D eigenvalue weighted by Crippen LogP contribution is 2.47. The molecule has 2 N–H and O–H groups in total. The van der Waals surface area contributed by atoms with Crippen LogP contribution in [0.25, 0.3) is 11.2 Å². The maximum Gasteiger partial charge on any atom is 0.191 e. The van der Waals surface area contributed by atoms with Gasteiger partial charge in [-0.2, -0.15) is 0 Å². The second-order valence-electron chi connectivity index (χ2n) is 10.8. The van der Waals surface area contributed by atoms with Crippen LogP contribution in [0.3, 0.4) is 0 Å². The van der Waals surface area contributed by atoms with Crippen LogP contribution in [-0.2, 0) is 14.2 Å². The third-order valence-corrected chi connectivity index (χ3v) is 8.34. The first-order valence-corrected chi connectivity index (χ1v) is 14.3. The van der Waals surface area contributed by atoms with E-state index >= 15 is 0 Å². The average Bonchev–Trinajstić information content (AvgIpc) is 3.22. The zero-order valence-electron chi connectivity index (χ0n) is 22.2. The smallest absolute Gasteiger partial charge is 0.191 e. The first kappa shape index (κ1) is 26.8. The molecule has 1 aromatic carbocycles. The molecule has 7 atom stereocenters. The minimum absolute atomic E-state index is 0.00539. The third-order valence-electron chi connectivity index (χ3n) is 7.29. The molecule has 2 saturated carbocycles. The van der Waals surface area contributed by atoms with E-state index in [1.165, 1.54) is 6.07 Å². The van der Waals surface area contributed by atoms with Gasteiger partial charge in [0.25, 0.3) is 0 Å². The van der Waals surface area contributed by atoms with Crippen LogP contribution in [0.2, 0.25) is 0 Å². The number of aliphatic hydroxyl groups is 1. The fraction of sp³-hybridized carbons (Fsp3) is 0.615. The Morgan fingerprint density at radius 2 is 2.00 bits per heavy atom. The summed E-state index contributed by atoms with van der Waals surface area (Å²) in [6.45, 7) is 7.36. The lowest BCUT2D eigenvalue weighted by molar-refractivity contribution is -0.193. The molecule has 1 unspecified atom stereocenters. The number of halogens is 2. The number of fused-ring (bicyclic) bond motifs is 2. The van der Waals surface area contributed by atoms with Crippen molar-refractivity contribution in [1.82, 2.24) is 25.0 Å². The second kappa shape index (κ2) is 10.2. The Bertz CT molecular complexity index is 1370. The largest absolute Gasteiger partial charge is 0.368 e. The van der Waals surface area contributed by atoms with Crippen molar-refractivity contribution in [2.24, 2.45) is 0 Å². The summed E-state index contributed by atoms with van der Waals surface area (Å²) in [7, 11) is 0. The van der Waals surface area contributed by atoms with Gasteiger partial charge in [-0.15, -0.1) is 5.10 Å². The zero-order chi connectivity index (χ0) is 27.5. The maximum atomic E-state index is 13.8. The van der Waals surface area contributed by atoms with Crippen molar-refractivity contribution in [2.75, 3.05) is 11.1 Å². The summed E-state index contributed by atoms with van der Waals surface area (Å²) >= 11 is 1.54. The van der Waals surface area contributed by atoms with Crippen molar-refractivity contribution in [1.29, 1.82) is 0 Å². The predicted molar refractivity (Wildman–Crippen MR) is 139 cm³/mol. The van der Waals surface area contributed by atoms with Crippen LogP contribution in [0.15, 0.2) is 23.4 Å². The maximum absolute atomic E-state index is 13.8. The summed E-state index contributed by atoms with van der Waals surface area (Å²) in [6, 6.07) is 3.74. The summed E-state index contributed by atoms with van der Waals surface area (Å²) in [4.78, 5) is 9.55. The zero-order valence-corrected chi connectivity index (χ0v) is 23.0. The topological polar surface area (TPSA) is 116 Å². The van der Waals surface area contributed by atoms with Crippen molar-refractivity contribution >= 4 is 28.7 Å². The van der Waals surface area contributed by atoms with E-state index in [1.807, 2.05) is 13.8 Å². The number of anilines is 1. The molecule has 2 aliphatic carbocycles. The predicted octanol–water partition coefficient (Wildman–Crippen LogP) is 4.16. The van der Waals surface area contributed by atoms with Crippen molar-refractivity contribution in [3.63, 3.8) is 0 Å². The van der Waals surface area contributed by atoms with Crippen LogP contribution in [0.1, 0.15) is 64.5 Å². The van der Waals surface area contributed by atoms with E-state index in [1.54, 1.807) is 29.4 Å². The van der Waals surface area contributed by atoms with Gasteiger partial charge in [-0.1, -0.05) is 30.0 Å². The lowest BCUT2D eigenvalue weighted by Crippen LogP contribution is -2.33. The van der Waals surface area contributed by atoms with Gasteiger partial charge in [0.1, 0.15) is 12.2 Å². The van der Waals surface area contributed by atoms with E-state index in [2.05, 4.69) is 22.6 Å². The second-order valence-corrected chi connectivity index (χ2v) is 11.9. The number of aromatic nitrogens is 5. The summed E-state index contributed by atoms with van der Waals surface area (Å²) in [5.74, 6) is -1.09. The minimum atomic E-state index is -0.953. The lowest BCUT2D eigenvalue weighted by atomic mass is 10.1. The number of nitrogens with zero attached hydrogens (tertiary/aromatic N) is 5. The molecule has 0 bridgehead atoms. The monoisotopic (exact) mass is 562 g/mol. The molecule has 13 heteroatoms. The third kappa shape index (κ3) is 5.22. The van der Waals surface area contributed by atoms with E-state index < -0.39 is 29.8 Å². The van der Waals surface area contributed by atoms with E-state index in [0.29, 0.717) is 28.6 Å². The number of benzene rings is 1. The number of rotatable bonds is 9. The molecular weight excluding hydrogens is 530 g/mol.